The standard InChI is InChI=1S/C13H21NO2/c1-9-10(2)13(16-5)7-6-11(9)12(8-15)14(3)4/h6-7,12,15H,8H2,1-5H3. The number of likely N-dealkylation sites (N-methyl/N-ethyl adjacent to an activating group) is 1. The van der Waals surface area contributed by atoms with Crippen molar-refractivity contribution in [2.24, 2.45) is 0 Å². The fraction of sp³-hybridized carbons (Fsp3) is 0.538. The third-order valence-corrected chi connectivity index (χ3v) is 3.15. The number of ether oxygens (including phenoxy) is 1. The first kappa shape index (κ1) is 13.0. The molecule has 0 bridgehead atoms. The molecule has 1 aromatic rings. The Bertz CT molecular complexity index is 361. The van der Waals surface area contributed by atoms with E-state index < -0.39 is 0 Å². The van der Waals surface area contributed by atoms with Crippen LogP contribution in [0.25, 0.3) is 0 Å². The number of hydrogen-bond acceptors (Lipinski definition) is 3. The molecule has 0 aliphatic rings. The van der Waals surface area contributed by atoms with E-state index in [0.29, 0.717) is 0 Å². The molecule has 0 radical (unpaired) electrons. The first-order valence-corrected chi connectivity index (χ1v) is 5.44. The minimum atomic E-state index is 0.0459. The van der Waals surface area contributed by atoms with E-state index in [2.05, 4.69) is 6.92 Å². The smallest absolute Gasteiger partial charge is 0.122 e. The number of aliphatic hydroxyl groups is 1. The molecule has 0 saturated heterocycles. The minimum Gasteiger partial charge on any atom is -0.496 e. The summed E-state index contributed by atoms with van der Waals surface area (Å²) in [6.07, 6.45) is 0. The number of aliphatic hydroxyl groups excluding tert-OH is 1. The van der Waals surface area contributed by atoms with Crippen molar-refractivity contribution in [2.75, 3.05) is 27.8 Å². The molecule has 0 saturated carbocycles. The van der Waals surface area contributed by atoms with E-state index in [1.807, 2.05) is 38.1 Å². The Hall–Kier alpha value is -1.06. The van der Waals surface area contributed by atoms with Gasteiger partial charge in [0.05, 0.1) is 19.8 Å². The Morgan fingerprint density at radius 3 is 2.31 bits per heavy atom. The van der Waals surface area contributed by atoms with E-state index in [1.165, 1.54) is 5.56 Å². The summed E-state index contributed by atoms with van der Waals surface area (Å²) in [5, 5.41) is 9.42. The summed E-state index contributed by atoms with van der Waals surface area (Å²) < 4.78 is 5.28. The van der Waals surface area contributed by atoms with Crippen LogP contribution in [-0.4, -0.2) is 37.8 Å². The normalized spacial score (nSPS) is 12.9. The highest BCUT2D eigenvalue weighted by Crippen LogP contribution is 2.29. The SMILES string of the molecule is COc1ccc(C(CO)N(C)C)c(C)c1C. The summed E-state index contributed by atoms with van der Waals surface area (Å²) in [4.78, 5) is 2.02. The largest absolute Gasteiger partial charge is 0.496 e. The van der Waals surface area contributed by atoms with Crippen LogP contribution >= 0.6 is 0 Å². The van der Waals surface area contributed by atoms with Crippen molar-refractivity contribution >= 4 is 0 Å². The van der Waals surface area contributed by atoms with Crippen molar-refractivity contribution in [3.63, 3.8) is 0 Å². The molecule has 1 N–H and O–H groups in total. The monoisotopic (exact) mass is 223 g/mol. The highest BCUT2D eigenvalue weighted by Gasteiger charge is 2.17. The maximum Gasteiger partial charge on any atom is 0.122 e. The maximum absolute atomic E-state index is 9.42. The second-order valence-corrected chi connectivity index (χ2v) is 4.27. The molecule has 1 atom stereocenters. The molecule has 0 aliphatic carbocycles. The van der Waals surface area contributed by atoms with E-state index in [0.717, 1.165) is 16.9 Å². The zero-order valence-corrected chi connectivity index (χ0v) is 10.7. The minimum absolute atomic E-state index is 0.0459. The molecule has 1 rings (SSSR count). The van der Waals surface area contributed by atoms with Crippen molar-refractivity contribution < 1.29 is 9.84 Å². The Balaban J connectivity index is 3.20. The topological polar surface area (TPSA) is 32.7 Å². The van der Waals surface area contributed by atoms with Crippen molar-refractivity contribution in [3.05, 3.63) is 28.8 Å². The fourth-order valence-electron chi connectivity index (χ4n) is 1.94. The van der Waals surface area contributed by atoms with E-state index >= 15 is 0 Å². The van der Waals surface area contributed by atoms with Gasteiger partial charge in [0.15, 0.2) is 0 Å². The lowest BCUT2D eigenvalue weighted by Gasteiger charge is -2.25. The molecular weight excluding hydrogens is 202 g/mol. The van der Waals surface area contributed by atoms with Gasteiger partial charge in [-0.1, -0.05) is 6.07 Å². The van der Waals surface area contributed by atoms with Gasteiger partial charge in [0.1, 0.15) is 5.75 Å². The van der Waals surface area contributed by atoms with Crippen LogP contribution in [0.2, 0.25) is 0 Å². The Labute approximate surface area is 97.7 Å². The van der Waals surface area contributed by atoms with E-state index in [-0.39, 0.29) is 12.6 Å². The van der Waals surface area contributed by atoms with Crippen LogP contribution in [0.4, 0.5) is 0 Å². The molecule has 0 heterocycles. The average molecular weight is 223 g/mol. The summed E-state index contributed by atoms with van der Waals surface area (Å²) in [6, 6.07) is 4.04. The Kier molecular flexibility index (Phi) is 4.33. The number of benzene rings is 1. The number of methoxy groups -OCH3 is 1. The molecule has 0 amide bonds. The van der Waals surface area contributed by atoms with E-state index in [9.17, 15) is 5.11 Å². The van der Waals surface area contributed by atoms with Crippen LogP contribution in [0.1, 0.15) is 22.7 Å². The van der Waals surface area contributed by atoms with Gasteiger partial charge in [-0.2, -0.15) is 0 Å². The molecule has 1 unspecified atom stereocenters. The number of rotatable bonds is 4. The average Bonchev–Trinajstić information content (AvgIpc) is 2.25. The number of hydrogen-bond donors (Lipinski definition) is 1. The highest BCUT2D eigenvalue weighted by molar-refractivity contribution is 5.44. The zero-order chi connectivity index (χ0) is 12.3. The Morgan fingerprint density at radius 1 is 1.25 bits per heavy atom. The van der Waals surface area contributed by atoms with Gasteiger partial charge in [-0.25, -0.2) is 0 Å². The molecule has 3 nitrogen and oxygen atoms in total. The second kappa shape index (κ2) is 5.32. The van der Waals surface area contributed by atoms with E-state index in [1.54, 1.807) is 7.11 Å². The first-order valence-electron chi connectivity index (χ1n) is 5.44. The van der Waals surface area contributed by atoms with Crippen molar-refractivity contribution in [1.82, 2.24) is 4.90 Å². The van der Waals surface area contributed by atoms with Gasteiger partial charge in [0.2, 0.25) is 0 Å². The molecule has 1 aromatic carbocycles. The summed E-state index contributed by atoms with van der Waals surface area (Å²) >= 11 is 0. The fourth-order valence-corrected chi connectivity index (χ4v) is 1.94. The predicted molar refractivity (Wildman–Crippen MR) is 66.0 cm³/mol. The van der Waals surface area contributed by atoms with Gasteiger partial charge in [-0.3, -0.25) is 0 Å². The van der Waals surface area contributed by atoms with Crippen LogP contribution in [0.15, 0.2) is 12.1 Å². The summed E-state index contributed by atoms with van der Waals surface area (Å²) in [7, 11) is 5.62. The van der Waals surface area contributed by atoms with Crippen molar-refractivity contribution in [3.8, 4) is 5.75 Å². The van der Waals surface area contributed by atoms with Crippen molar-refractivity contribution in [2.45, 2.75) is 19.9 Å². The molecule has 0 aromatic heterocycles. The predicted octanol–water partition coefficient (Wildman–Crippen LogP) is 1.91. The quantitative estimate of drug-likeness (QED) is 0.846. The lowest BCUT2D eigenvalue weighted by atomic mass is 9.96. The van der Waals surface area contributed by atoms with Crippen LogP contribution in [0.3, 0.4) is 0 Å². The molecule has 0 spiro atoms. The maximum atomic E-state index is 9.42. The van der Waals surface area contributed by atoms with E-state index in [4.69, 9.17) is 4.74 Å². The lowest BCUT2D eigenvalue weighted by Crippen LogP contribution is -2.24. The Morgan fingerprint density at radius 2 is 1.88 bits per heavy atom. The van der Waals surface area contributed by atoms with Crippen LogP contribution in [0.5, 0.6) is 5.75 Å². The molecule has 0 aliphatic heterocycles. The van der Waals surface area contributed by atoms with Crippen LogP contribution < -0.4 is 4.74 Å². The molecule has 0 fully saturated rings. The van der Waals surface area contributed by atoms with Gasteiger partial charge in [-0.05, 0) is 50.7 Å². The second-order valence-electron chi connectivity index (χ2n) is 4.27. The molecular formula is C13H21NO2. The van der Waals surface area contributed by atoms with Gasteiger partial charge in [-0.15, -0.1) is 0 Å². The van der Waals surface area contributed by atoms with Gasteiger partial charge in [0.25, 0.3) is 0 Å². The molecule has 3 heteroatoms. The lowest BCUT2D eigenvalue weighted by molar-refractivity contribution is 0.170. The van der Waals surface area contributed by atoms with Gasteiger partial charge < -0.3 is 14.7 Å². The highest BCUT2D eigenvalue weighted by atomic mass is 16.5. The summed E-state index contributed by atoms with van der Waals surface area (Å²) in [5.74, 6) is 0.900. The molecule has 16 heavy (non-hydrogen) atoms. The molecule has 90 valence electrons. The zero-order valence-electron chi connectivity index (χ0n) is 10.7. The van der Waals surface area contributed by atoms with Crippen molar-refractivity contribution in [1.29, 1.82) is 0 Å². The third-order valence-electron chi connectivity index (χ3n) is 3.15. The van der Waals surface area contributed by atoms with Crippen LogP contribution in [-0.2, 0) is 0 Å². The summed E-state index contributed by atoms with van der Waals surface area (Å²) in [5.41, 5.74) is 3.48. The third kappa shape index (κ3) is 2.36. The van der Waals surface area contributed by atoms with Gasteiger partial charge in [0, 0.05) is 0 Å². The summed E-state index contributed by atoms with van der Waals surface area (Å²) in [6.45, 7) is 4.24. The first-order chi connectivity index (χ1) is 7.52. The number of nitrogens with zero attached hydrogens (tertiary/aromatic N) is 1. The van der Waals surface area contributed by atoms with Crippen LogP contribution in [0, 0.1) is 13.8 Å². The van der Waals surface area contributed by atoms with Gasteiger partial charge >= 0.3 is 0 Å².